The van der Waals surface area contributed by atoms with E-state index < -0.39 is 0 Å². The van der Waals surface area contributed by atoms with Crippen molar-refractivity contribution >= 4 is 34.7 Å². The SMILES string of the molecule is CCC1=C(N2CCB3CCN(C4=C(CC)c5ccccc5C4)c4cccc2c43)Cc2ccccc21. The van der Waals surface area contributed by atoms with Crippen molar-refractivity contribution in [2.24, 2.45) is 0 Å². The van der Waals surface area contributed by atoms with Gasteiger partial charge in [-0.3, -0.25) is 0 Å². The minimum Gasteiger partial charge on any atom is -0.346 e. The first-order valence-corrected chi connectivity index (χ1v) is 13.6. The van der Waals surface area contributed by atoms with Crippen LogP contribution in [0.1, 0.15) is 48.9 Å². The summed E-state index contributed by atoms with van der Waals surface area (Å²) >= 11 is 0. The summed E-state index contributed by atoms with van der Waals surface area (Å²) in [6, 6.07) is 25.2. The Bertz CT molecular complexity index is 1300. The molecule has 35 heavy (non-hydrogen) atoms. The fraction of sp³-hybridized carbons (Fsp3) is 0.312. The molecule has 0 radical (unpaired) electrons. The molecule has 3 heteroatoms. The maximum atomic E-state index is 2.69. The highest BCUT2D eigenvalue weighted by molar-refractivity contribution is 6.77. The van der Waals surface area contributed by atoms with E-state index >= 15 is 0 Å². The van der Waals surface area contributed by atoms with Gasteiger partial charge in [-0.25, -0.2) is 0 Å². The van der Waals surface area contributed by atoms with E-state index in [0.717, 1.165) is 38.8 Å². The lowest BCUT2D eigenvalue weighted by Gasteiger charge is -2.43. The second-order valence-corrected chi connectivity index (χ2v) is 10.5. The maximum absolute atomic E-state index is 2.69. The monoisotopic (exact) mass is 456 g/mol. The Balaban J connectivity index is 1.33. The van der Waals surface area contributed by atoms with Gasteiger partial charge in [0.15, 0.2) is 6.71 Å². The average Bonchev–Trinajstić information content (AvgIpc) is 3.47. The molecule has 0 fully saturated rings. The van der Waals surface area contributed by atoms with Crippen LogP contribution in [0.15, 0.2) is 78.1 Å². The predicted molar refractivity (Wildman–Crippen MR) is 151 cm³/mol. The third kappa shape index (κ3) is 3.10. The molecular formula is C32H33BN2. The summed E-state index contributed by atoms with van der Waals surface area (Å²) in [5, 5.41) is 0. The van der Waals surface area contributed by atoms with Crippen LogP contribution in [0.3, 0.4) is 0 Å². The molecule has 0 aromatic heterocycles. The Hall–Kier alpha value is -3.20. The van der Waals surface area contributed by atoms with Gasteiger partial charge in [0, 0.05) is 48.7 Å². The zero-order chi connectivity index (χ0) is 23.5. The van der Waals surface area contributed by atoms with Crippen molar-refractivity contribution in [3.8, 4) is 0 Å². The van der Waals surface area contributed by atoms with Gasteiger partial charge >= 0.3 is 0 Å². The van der Waals surface area contributed by atoms with Crippen molar-refractivity contribution in [2.45, 2.75) is 52.2 Å². The highest BCUT2D eigenvalue weighted by Gasteiger charge is 2.39. The van der Waals surface area contributed by atoms with Gasteiger partial charge < -0.3 is 9.80 Å². The van der Waals surface area contributed by atoms with Gasteiger partial charge in [0.05, 0.1) is 0 Å². The molecule has 4 aliphatic rings. The topological polar surface area (TPSA) is 6.48 Å². The molecule has 0 unspecified atom stereocenters. The quantitative estimate of drug-likeness (QED) is 0.399. The van der Waals surface area contributed by atoms with Crippen LogP contribution in [0.4, 0.5) is 11.4 Å². The second-order valence-electron chi connectivity index (χ2n) is 10.5. The van der Waals surface area contributed by atoms with Crippen molar-refractivity contribution in [3.05, 3.63) is 100 Å². The van der Waals surface area contributed by atoms with Crippen LogP contribution in [-0.4, -0.2) is 19.8 Å². The summed E-state index contributed by atoms with van der Waals surface area (Å²) in [5.41, 5.74) is 16.6. The minimum absolute atomic E-state index is 0.678. The summed E-state index contributed by atoms with van der Waals surface area (Å²) in [5.74, 6) is 0. The smallest absolute Gasteiger partial charge is 0.184 e. The van der Waals surface area contributed by atoms with E-state index in [0.29, 0.717) is 6.71 Å². The molecular weight excluding hydrogens is 423 g/mol. The lowest BCUT2D eigenvalue weighted by Crippen LogP contribution is -2.51. The number of hydrogen-bond donors (Lipinski definition) is 0. The number of benzene rings is 3. The Morgan fingerprint density at radius 2 is 1.11 bits per heavy atom. The van der Waals surface area contributed by atoms with Crippen LogP contribution in [0.5, 0.6) is 0 Å². The van der Waals surface area contributed by atoms with Crippen LogP contribution in [0, 0.1) is 0 Å². The van der Waals surface area contributed by atoms with Gasteiger partial charge in [-0.1, -0.05) is 81.1 Å². The van der Waals surface area contributed by atoms with Crippen molar-refractivity contribution in [1.29, 1.82) is 0 Å². The normalized spacial score (nSPS) is 18.3. The molecule has 0 bridgehead atoms. The van der Waals surface area contributed by atoms with Gasteiger partial charge in [-0.05, 0) is 63.8 Å². The van der Waals surface area contributed by atoms with Gasteiger partial charge in [0.2, 0.25) is 0 Å². The van der Waals surface area contributed by atoms with Crippen molar-refractivity contribution in [1.82, 2.24) is 0 Å². The molecule has 0 saturated carbocycles. The van der Waals surface area contributed by atoms with E-state index in [-0.39, 0.29) is 0 Å². The summed E-state index contributed by atoms with van der Waals surface area (Å²) in [4.78, 5) is 5.38. The molecule has 3 aromatic carbocycles. The van der Waals surface area contributed by atoms with Crippen LogP contribution in [-0.2, 0) is 12.8 Å². The van der Waals surface area contributed by atoms with E-state index in [9.17, 15) is 0 Å². The zero-order valence-electron chi connectivity index (χ0n) is 21.0. The number of fused-ring (bicyclic) bond motifs is 2. The van der Waals surface area contributed by atoms with Crippen LogP contribution in [0.2, 0.25) is 12.6 Å². The first-order chi connectivity index (χ1) is 17.3. The Kier molecular flexibility index (Phi) is 4.94. The summed E-state index contributed by atoms with van der Waals surface area (Å²) in [7, 11) is 0. The largest absolute Gasteiger partial charge is 0.346 e. The molecule has 2 nitrogen and oxygen atoms in total. The fourth-order valence-corrected chi connectivity index (χ4v) is 7.36. The summed E-state index contributed by atoms with van der Waals surface area (Å²) in [6.07, 6.45) is 6.84. The van der Waals surface area contributed by atoms with Gasteiger partial charge in [0.25, 0.3) is 0 Å². The van der Waals surface area contributed by atoms with Crippen LogP contribution < -0.4 is 15.3 Å². The fourth-order valence-electron chi connectivity index (χ4n) is 7.36. The first-order valence-electron chi connectivity index (χ1n) is 13.6. The first kappa shape index (κ1) is 21.1. The third-order valence-electron chi connectivity index (χ3n) is 8.91. The second kappa shape index (κ2) is 8.19. The lowest BCUT2D eigenvalue weighted by molar-refractivity contribution is 0.866. The van der Waals surface area contributed by atoms with Crippen molar-refractivity contribution in [3.63, 3.8) is 0 Å². The van der Waals surface area contributed by atoms with E-state index in [1.807, 2.05) is 0 Å². The van der Waals surface area contributed by atoms with Crippen molar-refractivity contribution in [2.75, 3.05) is 22.9 Å². The predicted octanol–water partition coefficient (Wildman–Crippen LogP) is 6.78. The minimum atomic E-state index is 0.678. The van der Waals surface area contributed by atoms with Crippen LogP contribution in [0.25, 0.3) is 11.1 Å². The molecule has 2 heterocycles. The standard InChI is InChI=1S/C32H33BN2/c1-3-24-26-12-7-5-10-22(26)20-30(24)34-18-16-33-17-19-35(29-15-9-14-28(34)32(29)33)31-21-23-11-6-8-13-27(23)25(31)4-2/h5-15H,3-4,16-21H2,1-2H3. The van der Waals surface area contributed by atoms with Crippen molar-refractivity contribution < 1.29 is 0 Å². The molecule has 2 aliphatic heterocycles. The molecule has 174 valence electrons. The molecule has 3 aromatic rings. The molecule has 0 amide bonds. The number of allylic oxidation sites excluding steroid dienone is 4. The van der Waals surface area contributed by atoms with E-state index in [1.54, 1.807) is 28.0 Å². The maximum Gasteiger partial charge on any atom is 0.184 e. The average molecular weight is 456 g/mol. The highest BCUT2D eigenvalue weighted by atomic mass is 15.2. The molecule has 0 saturated heterocycles. The summed E-state index contributed by atoms with van der Waals surface area (Å²) in [6.45, 7) is 7.61. The van der Waals surface area contributed by atoms with Gasteiger partial charge in [0.1, 0.15) is 0 Å². The molecule has 0 N–H and O–H groups in total. The molecule has 0 atom stereocenters. The molecule has 7 rings (SSSR count). The van der Waals surface area contributed by atoms with E-state index in [2.05, 4.69) is 90.4 Å². The summed E-state index contributed by atoms with van der Waals surface area (Å²) < 4.78 is 0. The number of hydrogen-bond acceptors (Lipinski definition) is 2. The van der Waals surface area contributed by atoms with Gasteiger partial charge in [-0.15, -0.1) is 0 Å². The van der Waals surface area contributed by atoms with E-state index in [4.69, 9.17) is 0 Å². The lowest BCUT2D eigenvalue weighted by atomic mass is 9.37. The molecule has 2 aliphatic carbocycles. The molecule has 0 spiro atoms. The van der Waals surface area contributed by atoms with Crippen LogP contribution >= 0.6 is 0 Å². The third-order valence-corrected chi connectivity index (χ3v) is 8.91. The Morgan fingerprint density at radius 3 is 1.60 bits per heavy atom. The Morgan fingerprint density at radius 1 is 0.629 bits per heavy atom. The Labute approximate surface area is 210 Å². The van der Waals surface area contributed by atoms with E-state index in [1.165, 1.54) is 46.3 Å². The number of rotatable bonds is 4. The highest BCUT2D eigenvalue weighted by Crippen LogP contribution is 2.44. The number of nitrogens with zero attached hydrogens (tertiary/aromatic N) is 2. The van der Waals surface area contributed by atoms with Gasteiger partial charge in [-0.2, -0.15) is 0 Å². The zero-order valence-corrected chi connectivity index (χ0v) is 21.0. The number of anilines is 2.